The SMILES string of the molecule is CCc1ncnc(NCCc2ccc(N)cc2)c1F. The second-order valence-corrected chi connectivity index (χ2v) is 4.25. The van der Waals surface area contributed by atoms with Crippen molar-refractivity contribution in [1.82, 2.24) is 9.97 Å². The molecule has 0 fully saturated rings. The third kappa shape index (κ3) is 3.40. The molecule has 1 aromatic heterocycles. The highest BCUT2D eigenvalue weighted by Gasteiger charge is 2.08. The van der Waals surface area contributed by atoms with E-state index in [2.05, 4.69) is 15.3 Å². The highest BCUT2D eigenvalue weighted by atomic mass is 19.1. The predicted octanol–water partition coefficient (Wildman–Crippen LogP) is 2.41. The molecular weight excluding hydrogens is 243 g/mol. The molecule has 0 saturated heterocycles. The number of nitrogens with one attached hydrogen (secondary N) is 1. The molecule has 2 rings (SSSR count). The molecule has 0 aliphatic rings. The molecule has 2 aromatic rings. The summed E-state index contributed by atoms with van der Waals surface area (Å²) in [7, 11) is 0. The number of benzene rings is 1. The van der Waals surface area contributed by atoms with Gasteiger partial charge in [-0.15, -0.1) is 0 Å². The van der Waals surface area contributed by atoms with Crippen molar-refractivity contribution in [3.63, 3.8) is 0 Å². The minimum atomic E-state index is -0.359. The van der Waals surface area contributed by atoms with Gasteiger partial charge in [-0.05, 0) is 30.5 Å². The van der Waals surface area contributed by atoms with E-state index in [4.69, 9.17) is 5.73 Å². The smallest absolute Gasteiger partial charge is 0.186 e. The number of halogens is 1. The third-order valence-corrected chi connectivity index (χ3v) is 2.88. The van der Waals surface area contributed by atoms with Crippen LogP contribution in [0.2, 0.25) is 0 Å². The molecule has 0 atom stereocenters. The molecule has 0 aliphatic carbocycles. The van der Waals surface area contributed by atoms with Gasteiger partial charge in [0, 0.05) is 12.2 Å². The van der Waals surface area contributed by atoms with Crippen LogP contribution in [0.25, 0.3) is 0 Å². The van der Waals surface area contributed by atoms with Gasteiger partial charge in [-0.2, -0.15) is 0 Å². The molecule has 0 spiro atoms. The maximum Gasteiger partial charge on any atom is 0.186 e. The summed E-state index contributed by atoms with van der Waals surface area (Å²) < 4.78 is 13.8. The van der Waals surface area contributed by atoms with E-state index in [1.807, 2.05) is 31.2 Å². The Hall–Kier alpha value is -2.17. The number of aromatic nitrogens is 2. The van der Waals surface area contributed by atoms with Crippen molar-refractivity contribution in [3.8, 4) is 0 Å². The molecule has 1 heterocycles. The molecule has 3 N–H and O–H groups in total. The first-order chi connectivity index (χ1) is 9.20. The Bertz CT molecular complexity index is 540. The maximum absolute atomic E-state index is 13.8. The van der Waals surface area contributed by atoms with Crippen LogP contribution in [0, 0.1) is 5.82 Å². The van der Waals surface area contributed by atoms with Crippen molar-refractivity contribution in [3.05, 3.63) is 47.7 Å². The van der Waals surface area contributed by atoms with Crippen molar-refractivity contribution in [2.75, 3.05) is 17.6 Å². The van der Waals surface area contributed by atoms with E-state index >= 15 is 0 Å². The molecule has 100 valence electrons. The number of aryl methyl sites for hydroxylation is 1. The molecule has 0 unspecified atom stereocenters. The molecule has 0 saturated carbocycles. The first-order valence-corrected chi connectivity index (χ1v) is 6.28. The first-order valence-electron chi connectivity index (χ1n) is 6.28. The molecule has 19 heavy (non-hydrogen) atoms. The van der Waals surface area contributed by atoms with Gasteiger partial charge >= 0.3 is 0 Å². The van der Waals surface area contributed by atoms with Gasteiger partial charge < -0.3 is 11.1 Å². The van der Waals surface area contributed by atoms with Gasteiger partial charge in [0.05, 0.1) is 5.69 Å². The number of anilines is 2. The van der Waals surface area contributed by atoms with E-state index in [1.165, 1.54) is 6.33 Å². The molecule has 1 aromatic carbocycles. The van der Waals surface area contributed by atoms with Crippen molar-refractivity contribution in [2.45, 2.75) is 19.8 Å². The van der Waals surface area contributed by atoms with Crippen LogP contribution in [0.3, 0.4) is 0 Å². The number of nitrogen functional groups attached to an aromatic ring is 1. The summed E-state index contributed by atoms with van der Waals surface area (Å²) in [5.74, 6) is -0.0930. The molecule has 4 nitrogen and oxygen atoms in total. The largest absolute Gasteiger partial charge is 0.399 e. The Kier molecular flexibility index (Phi) is 4.28. The Labute approximate surface area is 111 Å². The summed E-state index contributed by atoms with van der Waals surface area (Å²) >= 11 is 0. The fourth-order valence-corrected chi connectivity index (χ4v) is 1.79. The molecule has 5 heteroatoms. The number of rotatable bonds is 5. The van der Waals surface area contributed by atoms with Gasteiger partial charge in [0.25, 0.3) is 0 Å². The van der Waals surface area contributed by atoms with E-state index in [0.29, 0.717) is 18.7 Å². The number of nitrogens with two attached hydrogens (primary N) is 1. The van der Waals surface area contributed by atoms with Crippen molar-refractivity contribution in [2.24, 2.45) is 0 Å². The zero-order valence-electron chi connectivity index (χ0n) is 10.9. The highest BCUT2D eigenvalue weighted by molar-refractivity contribution is 5.40. The van der Waals surface area contributed by atoms with Gasteiger partial charge in [0.15, 0.2) is 11.6 Å². The average Bonchev–Trinajstić information content (AvgIpc) is 2.43. The van der Waals surface area contributed by atoms with Crippen LogP contribution < -0.4 is 11.1 Å². The summed E-state index contributed by atoms with van der Waals surface area (Å²) in [5, 5.41) is 2.99. The summed E-state index contributed by atoms with van der Waals surface area (Å²) in [4.78, 5) is 7.81. The van der Waals surface area contributed by atoms with Crippen molar-refractivity contribution >= 4 is 11.5 Å². The van der Waals surface area contributed by atoms with Gasteiger partial charge in [0.2, 0.25) is 0 Å². The highest BCUT2D eigenvalue weighted by Crippen LogP contribution is 2.13. The summed E-state index contributed by atoms with van der Waals surface area (Å²) in [5.41, 5.74) is 7.94. The van der Waals surface area contributed by atoms with Crippen LogP contribution in [-0.4, -0.2) is 16.5 Å². The lowest BCUT2D eigenvalue weighted by molar-refractivity contribution is 0.596. The van der Waals surface area contributed by atoms with Crippen LogP contribution in [-0.2, 0) is 12.8 Å². The topological polar surface area (TPSA) is 63.8 Å². The van der Waals surface area contributed by atoms with Crippen LogP contribution in [0.1, 0.15) is 18.2 Å². The van der Waals surface area contributed by atoms with E-state index in [0.717, 1.165) is 17.7 Å². The molecule has 0 amide bonds. The van der Waals surface area contributed by atoms with Gasteiger partial charge in [-0.1, -0.05) is 19.1 Å². The van der Waals surface area contributed by atoms with Crippen LogP contribution in [0.15, 0.2) is 30.6 Å². The molecule has 0 bridgehead atoms. The van der Waals surface area contributed by atoms with E-state index in [-0.39, 0.29) is 11.6 Å². The fourth-order valence-electron chi connectivity index (χ4n) is 1.79. The Morgan fingerprint density at radius 3 is 2.63 bits per heavy atom. The van der Waals surface area contributed by atoms with Crippen molar-refractivity contribution < 1.29 is 4.39 Å². The van der Waals surface area contributed by atoms with Gasteiger partial charge in [0.1, 0.15) is 6.33 Å². The lowest BCUT2D eigenvalue weighted by atomic mass is 10.1. The van der Waals surface area contributed by atoms with E-state index < -0.39 is 0 Å². The zero-order chi connectivity index (χ0) is 13.7. The Balaban J connectivity index is 1.94. The number of hydrogen-bond acceptors (Lipinski definition) is 4. The lowest BCUT2D eigenvalue weighted by Gasteiger charge is -2.08. The number of nitrogens with zero attached hydrogens (tertiary/aromatic N) is 2. The fraction of sp³-hybridized carbons (Fsp3) is 0.286. The summed E-state index contributed by atoms with van der Waals surface area (Å²) in [6.07, 6.45) is 2.72. The third-order valence-electron chi connectivity index (χ3n) is 2.88. The normalized spacial score (nSPS) is 10.4. The quantitative estimate of drug-likeness (QED) is 0.810. The molecule has 0 aliphatic heterocycles. The van der Waals surface area contributed by atoms with E-state index in [9.17, 15) is 4.39 Å². The van der Waals surface area contributed by atoms with Gasteiger partial charge in [-0.25, -0.2) is 14.4 Å². The molecule has 0 radical (unpaired) electrons. The summed E-state index contributed by atoms with van der Waals surface area (Å²) in [6, 6.07) is 7.64. The van der Waals surface area contributed by atoms with Crippen molar-refractivity contribution in [1.29, 1.82) is 0 Å². The second kappa shape index (κ2) is 6.13. The summed E-state index contributed by atoms with van der Waals surface area (Å²) in [6.45, 7) is 2.48. The Morgan fingerprint density at radius 2 is 1.95 bits per heavy atom. The maximum atomic E-state index is 13.8. The second-order valence-electron chi connectivity index (χ2n) is 4.25. The van der Waals surface area contributed by atoms with Crippen LogP contribution in [0.5, 0.6) is 0 Å². The minimum Gasteiger partial charge on any atom is -0.399 e. The average molecular weight is 260 g/mol. The Morgan fingerprint density at radius 1 is 1.21 bits per heavy atom. The zero-order valence-corrected chi connectivity index (χ0v) is 10.9. The monoisotopic (exact) mass is 260 g/mol. The van der Waals surface area contributed by atoms with Crippen LogP contribution in [0.4, 0.5) is 15.9 Å². The minimum absolute atomic E-state index is 0.266. The molecular formula is C14H17FN4. The van der Waals surface area contributed by atoms with Gasteiger partial charge in [-0.3, -0.25) is 0 Å². The number of hydrogen-bond donors (Lipinski definition) is 2. The standard InChI is InChI=1S/C14H17FN4/c1-2-12-13(15)14(19-9-18-12)17-8-7-10-3-5-11(16)6-4-10/h3-6,9H,2,7-8,16H2,1H3,(H,17,18,19). The lowest BCUT2D eigenvalue weighted by Crippen LogP contribution is -2.10. The predicted molar refractivity (Wildman–Crippen MR) is 74.4 cm³/mol. The van der Waals surface area contributed by atoms with E-state index in [1.54, 1.807) is 0 Å². The van der Waals surface area contributed by atoms with Crippen LogP contribution >= 0.6 is 0 Å². The first kappa shape index (κ1) is 13.3.